The predicted octanol–water partition coefficient (Wildman–Crippen LogP) is 1.25. The number of nitrogens with zero attached hydrogens (tertiary/aromatic N) is 4. The fourth-order valence-electron chi connectivity index (χ4n) is 4.21. The van der Waals surface area contributed by atoms with Gasteiger partial charge in [0.1, 0.15) is 24.8 Å². The number of benzene rings is 2. The number of aliphatic carboxylic acids is 1. The molecule has 202 valence electrons. The van der Waals surface area contributed by atoms with Gasteiger partial charge in [-0.3, -0.25) is 14.5 Å². The van der Waals surface area contributed by atoms with Gasteiger partial charge < -0.3 is 19.8 Å². The van der Waals surface area contributed by atoms with Crippen LogP contribution in [-0.2, 0) is 24.9 Å². The number of amides is 2. The Bertz CT molecular complexity index is 1550. The number of pyridine rings is 1. The van der Waals surface area contributed by atoms with Gasteiger partial charge in [0.15, 0.2) is 23.4 Å². The van der Waals surface area contributed by atoms with Gasteiger partial charge in [-0.1, -0.05) is 12.1 Å². The summed E-state index contributed by atoms with van der Waals surface area (Å²) >= 11 is 0. The number of ether oxygens (including phenoxy) is 1. The Morgan fingerprint density at radius 3 is 2.05 bits per heavy atom. The minimum absolute atomic E-state index is 0.119. The summed E-state index contributed by atoms with van der Waals surface area (Å²) in [6.07, 6.45) is -2.29. The van der Waals surface area contributed by atoms with Crippen molar-refractivity contribution >= 4 is 28.8 Å². The van der Waals surface area contributed by atoms with Gasteiger partial charge in [-0.25, -0.2) is 9.13 Å². The van der Waals surface area contributed by atoms with Gasteiger partial charge in [-0.05, 0) is 24.3 Å². The number of imide groups is 1. The maximum Gasteiger partial charge on any atom is 0.430 e. The third kappa shape index (κ3) is 5.37. The number of aromatic nitrogens is 3. The van der Waals surface area contributed by atoms with Crippen molar-refractivity contribution in [3.05, 3.63) is 94.7 Å². The molecule has 0 atom stereocenters. The average Bonchev–Trinajstić information content (AvgIpc) is 3.30. The summed E-state index contributed by atoms with van der Waals surface area (Å²) in [4.78, 5) is 36.0. The molecule has 5 rings (SSSR count). The number of carboxylic acid groups (broad SMARTS) is 1. The quantitative estimate of drug-likeness (QED) is 0.213. The number of rotatable bonds is 5. The standard InChI is InChI=1S/C24H21N4O4.C2HF3O2/c1-25-20-8-7-17(32-2)13-21(20)27(14-16-9-11-26(31)12-10-16)22(25)15-28-23(29)18-5-3-4-6-19(18)24(28)30;3-2(4,5)1(6)7/h3-13H,14-15H2,1-2H3;(H,6,7)/q+1;/p-1. The first-order valence-electron chi connectivity index (χ1n) is 11.4. The topological polar surface area (TPSA) is 122 Å². The van der Waals surface area contributed by atoms with Gasteiger partial charge in [0, 0.05) is 23.8 Å². The van der Waals surface area contributed by atoms with Crippen LogP contribution in [0.3, 0.4) is 0 Å². The minimum Gasteiger partial charge on any atom is -0.619 e. The van der Waals surface area contributed by atoms with E-state index >= 15 is 0 Å². The Morgan fingerprint density at radius 1 is 0.974 bits per heavy atom. The number of hydrogen-bond acceptors (Lipinski definition) is 6. The molecule has 13 heteroatoms. The van der Waals surface area contributed by atoms with E-state index in [1.807, 2.05) is 34.4 Å². The van der Waals surface area contributed by atoms with Gasteiger partial charge in [0.05, 0.1) is 25.3 Å². The molecule has 10 nitrogen and oxygen atoms in total. The molecule has 0 radical (unpaired) electrons. The molecular formula is C26H21F3N4O6. The summed E-state index contributed by atoms with van der Waals surface area (Å²) in [6, 6.07) is 16.1. The largest absolute Gasteiger partial charge is 0.619 e. The van der Waals surface area contributed by atoms with Gasteiger partial charge in [0.25, 0.3) is 17.6 Å². The van der Waals surface area contributed by atoms with Crippen LogP contribution >= 0.6 is 0 Å². The second kappa shape index (κ2) is 10.4. The van der Waals surface area contributed by atoms with E-state index in [0.717, 1.165) is 27.2 Å². The molecule has 3 heterocycles. The summed E-state index contributed by atoms with van der Waals surface area (Å²) in [7, 11) is 3.52. The molecule has 0 aliphatic carbocycles. The molecule has 2 amide bonds. The molecule has 0 N–H and O–H groups in total. The average molecular weight is 542 g/mol. The molecule has 4 aromatic rings. The molecule has 0 spiro atoms. The summed E-state index contributed by atoms with van der Waals surface area (Å²) in [6.45, 7) is 0.581. The Balaban J connectivity index is 0.000000448. The lowest BCUT2D eigenvalue weighted by Crippen LogP contribution is -2.39. The maximum absolute atomic E-state index is 13.0. The molecule has 39 heavy (non-hydrogen) atoms. The van der Waals surface area contributed by atoms with Crippen molar-refractivity contribution in [2.24, 2.45) is 7.05 Å². The van der Waals surface area contributed by atoms with Crippen LogP contribution in [0.2, 0.25) is 0 Å². The second-order valence-corrected chi connectivity index (χ2v) is 8.51. The Hall–Kier alpha value is -4.94. The number of methoxy groups -OCH3 is 1. The predicted molar refractivity (Wildman–Crippen MR) is 126 cm³/mol. The Morgan fingerprint density at radius 2 is 1.54 bits per heavy atom. The van der Waals surface area contributed by atoms with Crippen molar-refractivity contribution in [3.63, 3.8) is 0 Å². The first-order chi connectivity index (χ1) is 18.4. The van der Waals surface area contributed by atoms with Crippen molar-refractivity contribution in [2.75, 3.05) is 7.11 Å². The van der Waals surface area contributed by atoms with Crippen molar-refractivity contribution < 1.29 is 46.7 Å². The minimum atomic E-state index is -5.19. The highest BCUT2D eigenvalue weighted by atomic mass is 19.4. The molecule has 0 saturated carbocycles. The lowest BCUT2D eigenvalue weighted by atomic mass is 10.1. The third-order valence-corrected chi connectivity index (χ3v) is 6.15. The number of carbonyl (C=O) groups excluding carboxylic acids is 3. The van der Waals surface area contributed by atoms with Gasteiger partial charge >= 0.3 is 6.18 Å². The Labute approximate surface area is 219 Å². The third-order valence-electron chi connectivity index (χ3n) is 6.15. The number of carbonyl (C=O) groups is 3. The molecule has 0 saturated heterocycles. The normalized spacial score (nSPS) is 12.8. The summed E-state index contributed by atoms with van der Waals surface area (Å²) < 4.78 is 41.7. The monoisotopic (exact) mass is 542 g/mol. The van der Waals surface area contributed by atoms with Crippen molar-refractivity contribution in [3.8, 4) is 5.75 Å². The fraction of sp³-hybridized carbons (Fsp3) is 0.192. The van der Waals surface area contributed by atoms with E-state index in [-0.39, 0.29) is 18.4 Å². The van der Waals surface area contributed by atoms with E-state index in [0.29, 0.717) is 23.4 Å². The number of hydrogen-bond donors (Lipinski definition) is 0. The van der Waals surface area contributed by atoms with Crippen molar-refractivity contribution in [1.29, 1.82) is 0 Å². The van der Waals surface area contributed by atoms with E-state index in [1.54, 1.807) is 43.5 Å². The summed E-state index contributed by atoms with van der Waals surface area (Å²) in [5, 5.41) is 20.2. The second-order valence-electron chi connectivity index (χ2n) is 8.51. The zero-order valence-corrected chi connectivity index (χ0v) is 20.6. The molecule has 2 aromatic heterocycles. The van der Waals surface area contributed by atoms with Crippen LogP contribution in [0.15, 0.2) is 67.0 Å². The Kier molecular flexibility index (Phi) is 7.25. The first-order valence-corrected chi connectivity index (χ1v) is 11.4. The van der Waals surface area contributed by atoms with Crippen LogP contribution in [-0.4, -0.2) is 40.5 Å². The number of halogens is 3. The van der Waals surface area contributed by atoms with Gasteiger partial charge in [0.2, 0.25) is 0 Å². The zero-order valence-electron chi connectivity index (χ0n) is 20.6. The van der Waals surface area contributed by atoms with E-state index in [4.69, 9.17) is 14.6 Å². The number of imidazole rings is 1. The van der Waals surface area contributed by atoms with Crippen LogP contribution < -0.4 is 19.1 Å². The summed E-state index contributed by atoms with van der Waals surface area (Å²) in [5.41, 5.74) is 3.60. The van der Waals surface area contributed by atoms with E-state index < -0.39 is 12.1 Å². The number of aryl methyl sites for hydroxylation is 1. The first kappa shape index (κ1) is 27.1. The van der Waals surface area contributed by atoms with Crippen LogP contribution in [0.1, 0.15) is 32.1 Å². The summed E-state index contributed by atoms with van der Waals surface area (Å²) in [5.74, 6) is -2.12. The highest BCUT2D eigenvalue weighted by Gasteiger charge is 2.38. The number of alkyl halides is 3. The van der Waals surface area contributed by atoms with Crippen LogP contribution in [0.5, 0.6) is 5.75 Å². The fourth-order valence-corrected chi connectivity index (χ4v) is 4.21. The molecular weight excluding hydrogens is 521 g/mol. The molecule has 0 bridgehead atoms. The maximum atomic E-state index is 13.0. The van der Waals surface area contributed by atoms with E-state index in [1.165, 1.54) is 17.3 Å². The van der Waals surface area contributed by atoms with Crippen LogP contribution in [0.4, 0.5) is 13.2 Å². The van der Waals surface area contributed by atoms with E-state index in [2.05, 4.69) is 0 Å². The molecule has 1 aliphatic heterocycles. The number of carboxylic acids is 1. The number of fused-ring (bicyclic) bond motifs is 2. The lowest BCUT2D eigenvalue weighted by Gasteiger charge is -2.13. The van der Waals surface area contributed by atoms with Crippen molar-refractivity contribution in [2.45, 2.75) is 19.3 Å². The van der Waals surface area contributed by atoms with Gasteiger partial charge in [-0.15, -0.1) is 0 Å². The van der Waals surface area contributed by atoms with E-state index in [9.17, 15) is 28.0 Å². The lowest BCUT2D eigenvalue weighted by molar-refractivity contribution is -0.654. The van der Waals surface area contributed by atoms with Gasteiger partial charge in [-0.2, -0.15) is 17.9 Å². The van der Waals surface area contributed by atoms with Crippen LogP contribution in [0.25, 0.3) is 11.0 Å². The SMILES string of the molecule is COc1ccc2c(c1)n(Cc1cc[n+]([O-])cc1)c(CN1C(=O)c3ccccc3C1=O)[n+]2C.O=C([O-])C(F)(F)F. The molecule has 1 aliphatic rings. The smallest absolute Gasteiger partial charge is 0.430 e. The molecule has 0 unspecified atom stereocenters. The van der Waals surface area contributed by atoms with Crippen molar-refractivity contribution in [1.82, 2.24) is 9.47 Å². The van der Waals surface area contributed by atoms with Crippen LogP contribution in [0, 0.1) is 5.21 Å². The molecule has 2 aromatic carbocycles. The zero-order chi connectivity index (χ0) is 28.5. The highest BCUT2D eigenvalue weighted by Crippen LogP contribution is 2.27. The molecule has 0 fully saturated rings. The highest BCUT2D eigenvalue weighted by molar-refractivity contribution is 6.21.